The maximum absolute atomic E-state index is 5.67. The molecule has 0 radical (unpaired) electrons. The largest absolute Gasteiger partial charge is 0.493 e. The number of hydrogen-bond donors (Lipinski definition) is 1. The van der Waals surface area contributed by atoms with Crippen LogP contribution in [0, 0.1) is 0 Å². The number of fused-ring (bicyclic) bond motifs is 1. The van der Waals surface area contributed by atoms with E-state index in [-0.39, 0.29) is 0 Å². The highest BCUT2D eigenvalue weighted by Crippen LogP contribution is 2.27. The molecule has 1 aromatic carbocycles. The Morgan fingerprint density at radius 3 is 3.24 bits per heavy atom. The third-order valence-corrected chi connectivity index (χ3v) is 4.04. The minimum Gasteiger partial charge on any atom is -0.493 e. The molecular weight excluding hydrogens is 262 g/mol. The Labute approximate surface area is 126 Å². The van der Waals surface area contributed by atoms with Gasteiger partial charge < -0.3 is 14.6 Å². The van der Waals surface area contributed by atoms with Crippen molar-refractivity contribution in [2.24, 2.45) is 0 Å². The zero-order chi connectivity index (χ0) is 14.5. The molecule has 1 aliphatic heterocycles. The summed E-state index contributed by atoms with van der Waals surface area (Å²) in [6.07, 6.45) is 9.07. The first-order chi connectivity index (χ1) is 10.3. The summed E-state index contributed by atoms with van der Waals surface area (Å²) in [7, 11) is 0. The van der Waals surface area contributed by atoms with Gasteiger partial charge in [-0.1, -0.05) is 12.1 Å². The van der Waals surface area contributed by atoms with Crippen molar-refractivity contribution in [3.63, 3.8) is 0 Å². The van der Waals surface area contributed by atoms with E-state index in [9.17, 15) is 0 Å². The van der Waals surface area contributed by atoms with Gasteiger partial charge in [-0.3, -0.25) is 0 Å². The quantitative estimate of drug-likeness (QED) is 0.829. The molecule has 0 amide bonds. The van der Waals surface area contributed by atoms with E-state index in [1.54, 1.807) is 0 Å². The number of aromatic nitrogens is 2. The van der Waals surface area contributed by atoms with E-state index in [0.717, 1.165) is 44.7 Å². The molecule has 2 heterocycles. The maximum atomic E-state index is 5.67. The number of nitrogens with zero attached hydrogens (tertiary/aromatic N) is 2. The van der Waals surface area contributed by atoms with Gasteiger partial charge in [0.25, 0.3) is 0 Å². The molecule has 4 heteroatoms. The first-order valence-corrected chi connectivity index (χ1v) is 7.77. The van der Waals surface area contributed by atoms with Crippen molar-refractivity contribution in [2.45, 2.75) is 38.8 Å². The van der Waals surface area contributed by atoms with Crippen LogP contribution < -0.4 is 10.1 Å². The Bertz CT molecular complexity index is 565. The van der Waals surface area contributed by atoms with Gasteiger partial charge in [-0.25, -0.2) is 4.98 Å². The van der Waals surface area contributed by atoms with Crippen LogP contribution in [0.5, 0.6) is 5.75 Å². The van der Waals surface area contributed by atoms with E-state index in [2.05, 4.69) is 40.0 Å². The molecule has 1 aromatic heterocycles. The van der Waals surface area contributed by atoms with E-state index < -0.39 is 0 Å². The lowest BCUT2D eigenvalue weighted by molar-refractivity contribution is 0.288. The second-order valence-corrected chi connectivity index (χ2v) is 5.65. The van der Waals surface area contributed by atoms with Crippen LogP contribution >= 0.6 is 0 Å². The van der Waals surface area contributed by atoms with Crippen molar-refractivity contribution >= 4 is 0 Å². The molecule has 112 valence electrons. The second-order valence-electron chi connectivity index (χ2n) is 5.65. The predicted octanol–water partition coefficient (Wildman–Crippen LogP) is 2.95. The van der Waals surface area contributed by atoms with E-state index in [4.69, 9.17) is 4.74 Å². The second kappa shape index (κ2) is 6.76. The molecule has 1 atom stereocenters. The molecule has 0 fully saturated rings. The minimum atomic E-state index is 0.375. The Morgan fingerprint density at radius 1 is 1.43 bits per heavy atom. The summed E-state index contributed by atoms with van der Waals surface area (Å²) in [5.41, 5.74) is 2.70. The van der Waals surface area contributed by atoms with Crippen LogP contribution in [-0.2, 0) is 13.0 Å². The van der Waals surface area contributed by atoms with Crippen LogP contribution in [0.25, 0.3) is 0 Å². The lowest BCUT2D eigenvalue weighted by Crippen LogP contribution is -2.21. The number of ether oxygens (including phenoxy) is 1. The normalized spacial score (nSPS) is 15.3. The summed E-state index contributed by atoms with van der Waals surface area (Å²) >= 11 is 0. The third-order valence-electron chi connectivity index (χ3n) is 4.04. The van der Waals surface area contributed by atoms with Crippen LogP contribution in [0.2, 0.25) is 0 Å². The number of nitrogens with one attached hydrogen (secondary N) is 1. The van der Waals surface area contributed by atoms with Crippen molar-refractivity contribution in [3.8, 4) is 5.75 Å². The lowest BCUT2D eigenvalue weighted by Gasteiger charge is -2.20. The first-order valence-electron chi connectivity index (χ1n) is 7.77. The van der Waals surface area contributed by atoms with Gasteiger partial charge in [-0.15, -0.1) is 0 Å². The molecule has 0 saturated carbocycles. The standard InChI is InChI=1S/C17H23N3O/c1-14(19-7-3-9-20-10-8-18-13-20)15-5-6-17-16(12-15)4-2-11-21-17/h5-6,8,10,12-14,19H,2-4,7,9,11H2,1H3. The van der Waals surface area contributed by atoms with Gasteiger partial charge in [0.15, 0.2) is 0 Å². The number of benzene rings is 1. The molecule has 1 N–H and O–H groups in total. The number of rotatable bonds is 6. The van der Waals surface area contributed by atoms with E-state index in [0.29, 0.717) is 6.04 Å². The smallest absolute Gasteiger partial charge is 0.122 e. The highest BCUT2D eigenvalue weighted by Gasteiger charge is 2.12. The fourth-order valence-corrected chi connectivity index (χ4v) is 2.77. The molecule has 0 aliphatic carbocycles. The Hall–Kier alpha value is -1.81. The molecule has 1 unspecified atom stereocenters. The molecule has 1 aliphatic rings. The van der Waals surface area contributed by atoms with E-state index >= 15 is 0 Å². The lowest BCUT2D eigenvalue weighted by atomic mass is 10.00. The highest BCUT2D eigenvalue weighted by molar-refractivity contribution is 5.39. The molecule has 3 rings (SSSR count). The SMILES string of the molecule is CC(NCCCn1ccnc1)c1ccc2c(c1)CCCO2. The maximum Gasteiger partial charge on any atom is 0.122 e. The Balaban J connectivity index is 1.49. The van der Waals surface area contributed by atoms with Gasteiger partial charge >= 0.3 is 0 Å². The zero-order valence-electron chi connectivity index (χ0n) is 12.6. The number of imidazole rings is 1. The van der Waals surface area contributed by atoms with Crippen molar-refractivity contribution < 1.29 is 4.74 Å². The van der Waals surface area contributed by atoms with E-state index in [1.807, 2.05) is 18.7 Å². The molecule has 21 heavy (non-hydrogen) atoms. The van der Waals surface area contributed by atoms with Gasteiger partial charge in [0.05, 0.1) is 12.9 Å². The van der Waals surface area contributed by atoms with E-state index in [1.165, 1.54) is 11.1 Å². The third kappa shape index (κ3) is 3.64. The molecule has 0 bridgehead atoms. The van der Waals surface area contributed by atoms with Crippen LogP contribution in [0.1, 0.15) is 36.9 Å². The fourth-order valence-electron chi connectivity index (χ4n) is 2.77. The summed E-state index contributed by atoms with van der Waals surface area (Å²) in [5.74, 6) is 1.07. The van der Waals surface area contributed by atoms with Crippen LogP contribution in [0.3, 0.4) is 0 Å². The summed E-state index contributed by atoms with van der Waals surface area (Å²) in [6, 6.07) is 6.97. The average Bonchev–Trinajstić information content (AvgIpc) is 3.04. The molecule has 0 spiro atoms. The number of hydrogen-bond acceptors (Lipinski definition) is 3. The molecule has 2 aromatic rings. The van der Waals surface area contributed by atoms with Gasteiger partial charge in [0, 0.05) is 25.0 Å². The number of aryl methyl sites for hydroxylation is 2. The monoisotopic (exact) mass is 285 g/mol. The topological polar surface area (TPSA) is 39.1 Å². The summed E-state index contributed by atoms with van der Waals surface area (Å²) in [4.78, 5) is 4.06. The van der Waals surface area contributed by atoms with Crippen molar-refractivity contribution in [1.29, 1.82) is 0 Å². The summed E-state index contributed by atoms with van der Waals surface area (Å²) < 4.78 is 7.78. The van der Waals surface area contributed by atoms with Crippen molar-refractivity contribution in [3.05, 3.63) is 48.0 Å². The first kappa shape index (κ1) is 14.1. The summed E-state index contributed by atoms with van der Waals surface area (Å²) in [5, 5.41) is 3.59. The fraction of sp³-hybridized carbons (Fsp3) is 0.471. The zero-order valence-corrected chi connectivity index (χ0v) is 12.6. The molecule has 0 saturated heterocycles. The predicted molar refractivity (Wildman–Crippen MR) is 83.5 cm³/mol. The summed E-state index contributed by atoms with van der Waals surface area (Å²) in [6.45, 7) is 5.10. The Morgan fingerprint density at radius 2 is 2.38 bits per heavy atom. The van der Waals surface area contributed by atoms with Crippen molar-refractivity contribution in [1.82, 2.24) is 14.9 Å². The van der Waals surface area contributed by atoms with Gasteiger partial charge in [-0.05, 0) is 49.9 Å². The minimum absolute atomic E-state index is 0.375. The van der Waals surface area contributed by atoms with Gasteiger partial charge in [0.1, 0.15) is 5.75 Å². The van der Waals surface area contributed by atoms with Crippen LogP contribution in [0.15, 0.2) is 36.9 Å². The highest BCUT2D eigenvalue weighted by atomic mass is 16.5. The van der Waals surface area contributed by atoms with Gasteiger partial charge in [-0.2, -0.15) is 0 Å². The van der Waals surface area contributed by atoms with Gasteiger partial charge in [0.2, 0.25) is 0 Å². The van der Waals surface area contributed by atoms with Crippen LogP contribution in [-0.4, -0.2) is 22.7 Å². The average molecular weight is 285 g/mol. The molecular formula is C17H23N3O. The molecule has 4 nitrogen and oxygen atoms in total. The van der Waals surface area contributed by atoms with Crippen LogP contribution in [0.4, 0.5) is 0 Å². The Kier molecular flexibility index (Phi) is 4.55. The van der Waals surface area contributed by atoms with Crippen molar-refractivity contribution in [2.75, 3.05) is 13.2 Å².